The number of hydrogen-bond acceptors (Lipinski definition) is 5. The molecule has 1 unspecified atom stereocenters. The maximum atomic E-state index is 6.05. The molecule has 0 aliphatic carbocycles. The summed E-state index contributed by atoms with van der Waals surface area (Å²) in [5.41, 5.74) is 7.35. The zero-order chi connectivity index (χ0) is 15.4. The molecule has 2 aromatic rings. The largest absolute Gasteiger partial charge is 0.398 e. The van der Waals surface area contributed by atoms with Gasteiger partial charge in [0.1, 0.15) is 0 Å². The molecule has 0 fully saturated rings. The van der Waals surface area contributed by atoms with E-state index in [2.05, 4.69) is 29.4 Å². The van der Waals surface area contributed by atoms with Crippen molar-refractivity contribution in [3.05, 3.63) is 23.2 Å². The first-order valence-electron chi connectivity index (χ1n) is 6.95. The summed E-state index contributed by atoms with van der Waals surface area (Å²) in [5.74, 6) is 0.924. The maximum absolute atomic E-state index is 6.05. The van der Waals surface area contributed by atoms with Crippen LogP contribution in [0.4, 0.5) is 5.69 Å². The van der Waals surface area contributed by atoms with Crippen molar-refractivity contribution < 1.29 is 4.74 Å². The van der Waals surface area contributed by atoms with Crippen molar-refractivity contribution in [3.8, 4) is 11.4 Å². The molecule has 1 heterocycles. The lowest BCUT2D eigenvalue weighted by molar-refractivity contribution is 0.0913. The molecule has 7 heteroatoms. The second kappa shape index (κ2) is 6.87. The summed E-state index contributed by atoms with van der Waals surface area (Å²) in [6, 6.07) is 5.31. The van der Waals surface area contributed by atoms with Crippen LogP contribution in [0.5, 0.6) is 0 Å². The van der Waals surface area contributed by atoms with Crippen LogP contribution in [0, 0.1) is 5.92 Å². The summed E-state index contributed by atoms with van der Waals surface area (Å²) >= 11 is 6.05. The van der Waals surface area contributed by atoms with Gasteiger partial charge in [0.15, 0.2) is 5.82 Å². The number of nitrogens with zero attached hydrogens (tertiary/aromatic N) is 4. The van der Waals surface area contributed by atoms with Gasteiger partial charge in [-0.05, 0) is 41.5 Å². The van der Waals surface area contributed by atoms with E-state index in [0.29, 0.717) is 35.7 Å². The minimum absolute atomic E-state index is 0.0355. The van der Waals surface area contributed by atoms with Crippen molar-refractivity contribution >= 4 is 17.3 Å². The number of benzene rings is 1. The first kappa shape index (κ1) is 15.7. The summed E-state index contributed by atoms with van der Waals surface area (Å²) in [5, 5.41) is 12.6. The van der Waals surface area contributed by atoms with Crippen LogP contribution in [0.15, 0.2) is 18.2 Å². The molecular formula is C14H20ClN5O. The Hall–Kier alpha value is -1.66. The van der Waals surface area contributed by atoms with Gasteiger partial charge in [-0.3, -0.25) is 0 Å². The predicted molar refractivity (Wildman–Crippen MR) is 83.0 cm³/mol. The lowest BCUT2D eigenvalue weighted by Crippen LogP contribution is -2.23. The third-order valence-corrected chi connectivity index (χ3v) is 3.56. The van der Waals surface area contributed by atoms with Crippen LogP contribution in [0.3, 0.4) is 0 Å². The summed E-state index contributed by atoms with van der Waals surface area (Å²) in [7, 11) is 0. The molecule has 0 aliphatic heterocycles. The van der Waals surface area contributed by atoms with E-state index in [9.17, 15) is 0 Å². The summed E-state index contributed by atoms with van der Waals surface area (Å²) in [6.07, 6.45) is 0. The number of halogens is 1. The van der Waals surface area contributed by atoms with Crippen molar-refractivity contribution in [1.82, 2.24) is 20.2 Å². The number of rotatable bonds is 6. The minimum atomic E-state index is 0.0355. The summed E-state index contributed by atoms with van der Waals surface area (Å²) < 4.78 is 7.32. The molecule has 0 aliphatic rings. The lowest BCUT2D eigenvalue weighted by Gasteiger charge is -2.22. The number of nitrogens with two attached hydrogens (primary N) is 1. The van der Waals surface area contributed by atoms with Gasteiger partial charge in [0.25, 0.3) is 0 Å². The van der Waals surface area contributed by atoms with Crippen LogP contribution in [0.25, 0.3) is 11.4 Å². The standard InChI is InChI=1S/C14H20ClN5O/c1-4-21-8-13(9(2)3)20-14(17-18-19-20)11-7-10(15)5-6-12(11)16/h5-7,9,13H,4,8,16H2,1-3H3. The molecular weight excluding hydrogens is 290 g/mol. The molecule has 0 saturated heterocycles. The van der Waals surface area contributed by atoms with Gasteiger partial charge in [0, 0.05) is 22.9 Å². The van der Waals surface area contributed by atoms with E-state index in [1.165, 1.54) is 0 Å². The number of ether oxygens (including phenoxy) is 1. The SMILES string of the molecule is CCOCC(C(C)C)n1nnnc1-c1cc(Cl)ccc1N. The number of tetrazole rings is 1. The van der Waals surface area contributed by atoms with Gasteiger partial charge < -0.3 is 10.5 Å². The number of nitrogen functional groups attached to an aromatic ring is 1. The Morgan fingerprint density at radius 3 is 2.81 bits per heavy atom. The summed E-state index contributed by atoms with van der Waals surface area (Å²) in [4.78, 5) is 0. The summed E-state index contributed by atoms with van der Waals surface area (Å²) in [6.45, 7) is 7.38. The fraction of sp³-hybridized carbons (Fsp3) is 0.500. The van der Waals surface area contributed by atoms with Crippen molar-refractivity contribution in [2.24, 2.45) is 5.92 Å². The van der Waals surface area contributed by atoms with E-state index >= 15 is 0 Å². The van der Waals surface area contributed by atoms with Gasteiger partial charge in [-0.1, -0.05) is 25.4 Å². The van der Waals surface area contributed by atoms with Crippen LogP contribution in [-0.4, -0.2) is 33.4 Å². The van der Waals surface area contributed by atoms with E-state index in [0.717, 1.165) is 5.56 Å². The average molecular weight is 310 g/mol. The van der Waals surface area contributed by atoms with E-state index in [4.69, 9.17) is 22.1 Å². The average Bonchev–Trinajstić information content (AvgIpc) is 2.90. The van der Waals surface area contributed by atoms with E-state index in [1.54, 1.807) is 22.9 Å². The highest BCUT2D eigenvalue weighted by atomic mass is 35.5. The van der Waals surface area contributed by atoms with E-state index < -0.39 is 0 Å². The van der Waals surface area contributed by atoms with Crippen LogP contribution in [-0.2, 0) is 4.74 Å². The topological polar surface area (TPSA) is 78.8 Å². The molecule has 114 valence electrons. The third-order valence-electron chi connectivity index (χ3n) is 3.33. The zero-order valence-corrected chi connectivity index (χ0v) is 13.2. The maximum Gasteiger partial charge on any atom is 0.184 e. The first-order valence-corrected chi connectivity index (χ1v) is 7.33. The number of anilines is 1. The highest BCUT2D eigenvalue weighted by Gasteiger charge is 2.23. The Morgan fingerprint density at radius 2 is 2.14 bits per heavy atom. The van der Waals surface area contributed by atoms with Crippen molar-refractivity contribution in [2.45, 2.75) is 26.8 Å². The van der Waals surface area contributed by atoms with E-state index in [-0.39, 0.29) is 6.04 Å². The van der Waals surface area contributed by atoms with Crippen molar-refractivity contribution in [3.63, 3.8) is 0 Å². The third kappa shape index (κ3) is 3.51. The van der Waals surface area contributed by atoms with Crippen LogP contribution in [0.2, 0.25) is 5.02 Å². The van der Waals surface area contributed by atoms with E-state index in [1.807, 2.05) is 6.92 Å². The quantitative estimate of drug-likeness (QED) is 0.830. The van der Waals surface area contributed by atoms with Crippen molar-refractivity contribution in [1.29, 1.82) is 0 Å². The zero-order valence-electron chi connectivity index (χ0n) is 12.5. The molecule has 21 heavy (non-hydrogen) atoms. The molecule has 0 spiro atoms. The molecule has 1 atom stereocenters. The molecule has 6 nitrogen and oxygen atoms in total. The predicted octanol–water partition coefficient (Wildman–Crippen LogP) is 2.81. The lowest BCUT2D eigenvalue weighted by atomic mass is 10.0. The fourth-order valence-electron chi connectivity index (χ4n) is 2.10. The Bertz CT molecular complexity index is 599. The van der Waals surface area contributed by atoms with Crippen molar-refractivity contribution in [2.75, 3.05) is 18.9 Å². The number of aromatic nitrogens is 4. The van der Waals surface area contributed by atoms with Gasteiger partial charge in [-0.25, -0.2) is 4.68 Å². The molecule has 1 aromatic carbocycles. The second-order valence-electron chi connectivity index (χ2n) is 5.15. The van der Waals surface area contributed by atoms with Crippen LogP contribution < -0.4 is 5.73 Å². The van der Waals surface area contributed by atoms with Gasteiger partial charge >= 0.3 is 0 Å². The molecule has 0 saturated carbocycles. The van der Waals surface area contributed by atoms with Gasteiger partial charge in [-0.2, -0.15) is 0 Å². The molecule has 2 N–H and O–H groups in total. The Labute approximate surface area is 129 Å². The first-order chi connectivity index (χ1) is 10.0. The Kier molecular flexibility index (Phi) is 5.14. The van der Waals surface area contributed by atoms with Gasteiger partial charge in [0.2, 0.25) is 0 Å². The highest BCUT2D eigenvalue weighted by Crippen LogP contribution is 2.30. The normalized spacial score (nSPS) is 12.8. The minimum Gasteiger partial charge on any atom is -0.398 e. The smallest absolute Gasteiger partial charge is 0.184 e. The monoisotopic (exact) mass is 309 g/mol. The fourth-order valence-corrected chi connectivity index (χ4v) is 2.27. The van der Waals surface area contributed by atoms with Crippen LogP contribution >= 0.6 is 11.6 Å². The number of hydrogen-bond donors (Lipinski definition) is 1. The second-order valence-corrected chi connectivity index (χ2v) is 5.59. The van der Waals surface area contributed by atoms with Gasteiger partial charge in [0.05, 0.1) is 12.6 Å². The Morgan fingerprint density at radius 1 is 1.38 bits per heavy atom. The highest BCUT2D eigenvalue weighted by molar-refractivity contribution is 6.31. The van der Waals surface area contributed by atoms with Gasteiger partial charge in [-0.15, -0.1) is 5.10 Å². The van der Waals surface area contributed by atoms with Crippen LogP contribution in [0.1, 0.15) is 26.8 Å². The molecule has 2 rings (SSSR count). The molecule has 0 radical (unpaired) electrons. The Balaban J connectivity index is 2.43. The molecule has 1 aromatic heterocycles. The molecule has 0 bridgehead atoms. The molecule has 0 amide bonds.